The van der Waals surface area contributed by atoms with Crippen molar-refractivity contribution in [3.05, 3.63) is 59.7 Å². The number of amides is 2. The second kappa shape index (κ2) is 8.19. The van der Waals surface area contributed by atoms with Gasteiger partial charge in [0.15, 0.2) is 11.6 Å². The molecule has 2 aromatic rings. The van der Waals surface area contributed by atoms with Crippen molar-refractivity contribution in [1.29, 1.82) is 0 Å². The van der Waals surface area contributed by atoms with Gasteiger partial charge in [0.2, 0.25) is 11.8 Å². The monoisotopic (exact) mass is 362 g/mol. The maximum atomic E-state index is 13.4. The number of benzene rings is 2. The molecule has 26 heavy (non-hydrogen) atoms. The molecule has 0 spiro atoms. The van der Waals surface area contributed by atoms with Crippen LogP contribution in [0.1, 0.15) is 17.3 Å². The van der Waals surface area contributed by atoms with Crippen LogP contribution in [0.25, 0.3) is 0 Å². The van der Waals surface area contributed by atoms with Gasteiger partial charge in [-0.15, -0.1) is 0 Å². The summed E-state index contributed by atoms with van der Waals surface area (Å²) < 4.78 is 31.0. The van der Waals surface area contributed by atoms with Crippen LogP contribution in [-0.2, 0) is 14.3 Å². The van der Waals surface area contributed by atoms with Crippen LogP contribution in [-0.4, -0.2) is 31.4 Å². The Bertz CT molecular complexity index is 838. The Morgan fingerprint density at radius 1 is 1.04 bits per heavy atom. The van der Waals surface area contributed by atoms with E-state index in [1.165, 1.54) is 44.4 Å². The Labute approximate surface area is 148 Å². The zero-order valence-electron chi connectivity index (χ0n) is 14.1. The van der Waals surface area contributed by atoms with E-state index in [0.29, 0.717) is 11.3 Å². The molecule has 136 valence electrons. The number of carbonyl (C=O) groups excluding carboxylic acids is 3. The summed E-state index contributed by atoms with van der Waals surface area (Å²) in [6.45, 7) is 0.818. The van der Waals surface area contributed by atoms with Crippen LogP contribution in [0.5, 0.6) is 0 Å². The van der Waals surface area contributed by atoms with Crippen molar-refractivity contribution in [2.24, 2.45) is 0 Å². The number of esters is 1. The quantitative estimate of drug-likeness (QED) is 0.830. The smallest absolute Gasteiger partial charge is 0.337 e. The zero-order chi connectivity index (χ0) is 19.3. The standard InChI is InChI=1S/C18H16F2N2O4/c1-11(23)22(14-7-8-15(19)16(20)9-14)10-17(24)21-13-5-3-12(4-6-13)18(25)26-2/h3-9H,10H2,1-2H3,(H,21,24). The minimum absolute atomic E-state index is 0.0626. The lowest BCUT2D eigenvalue weighted by Gasteiger charge is -2.21. The highest BCUT2D eigenvalue weighted by molar-refractivity contribution is 6.02. The Morgan fingerprint density at radius 2 is 1.69 bits per heavy atom. The van der Waals surface area contributed by atoms with Gasteiger partial charge in [-0.2, -0.15) is 0 Å². The van der Waals surface area contributed by atoms with Crippen LogP contribution in [0.2, 0.25) is 0 Å². The van der Waals surface area contributed by atoms with Crippen LogP contribution >= 0.6 is 0 Å². The van der Waals surface area contributed by atoms with Crippen LogP contribution in [0.3, 0.4) is 0 Å². The molecule has 8 heteroatoms. The SMILES string of the molecule is COC(=O)c1ccc(NC(=O)CN(C(C)=O)c2ccc(F)c(F)c2)cc1. The van der Waals surface area contributed by atoms with Crippen molar-refractivity contribution >= 4 is 29.2 Å². The van der Waals surface area contributed by atoms with E-state index in [1.807, 2.05) is 0 Å². The predicted octanol–water partition coefficient (Wildman–Crippen LogP) is 2.74. The number of hydrogen-bond acceptors (Lipinski definition) is 4. The molecule has 0 aliphatic rings. The molecular weight excluding hydrogens is 346 g/mol. The van der Waals surface area contributed by atoms with Crippen LogP contribution in [0, 0.1) is 11.6 Å². The average molecular weight is 362 g/mol. The first-order chi connectivity index (χ1) is 12.3. The highest BCUT2D eigenvalue weighted by Gasteiger charge is 2.17. The number of rotatable bonds is 5. The Morgan fingerprint density at radius 3 is 2.23 bits per heavy atom. The number of halogens is 2. The zero-order valence-corrected chi connectivity index (χ0v) is 14.1. The minimum Gasteiger partial charge on any atom is -0.465 e. The van der Waals surface area contributed by atoms with E-state index in [2.05, 4.69) is 10.1 Å². The number of anilines is 2. The van der Waals surface area contributed by atoms with Crippen molar-refractivity contribution in [1.82, 2.24) is 0 Å². The van der Waals surface area contributed by atoms with Crippen molar-refractivity contribution < 1.29 is 27.9 Å². The van der Waals surface area contributed by atoms with Crippen molar-refractivity contribution in [3.8, 4) is 0 Å². The van der Waals surface area contributed by atoms with E-state index in [4.69, 9.17) is 0 Å². The van der Waals surface area contributed by atoms with Gasteiger partial charge in [0.25, 0.3) is 0 Å². The number of ether oxygens (including phenoxy) is 1. The Hall–Kier alpha value is -3.29. The number of nitrogens with zero attached hydrogens (tertiary/aromatic N) is 1. The third kappa shape index (κ3) is 4.62. The van der Waals surface area contributed by atoms with E-state index in [-0.39, 0.29) is 12.2 Å². The fourth-order valence-corrected chi connectivity index (χ4v) is 2.19. The van der Waals surface area contributed by atoms with E-state index >= 15 is 0 Å². The largest absolute Gasteiger partial charge is 0.465 e. The normalized spacial score (nSPS) is 10.2. The maximum absolute atomic E-state index is 13.4. The highest BCUT2D eigenvalue weighted by Crippen LogP contribution is 2.18. The topological polar surface area (TPSA) is 75.7 Å². The molecule has 0 radical (unpaired) electrons. The van der Waals surface area contributed by atoms with E-state index in [0.717, 1.165) is 17.0 Å². The fourth-order valence-electron chi connectivity index (χ4n) is 2.19. The van der Waals surface area contributed by atoms with Gasteiger partial charge in [-0.3, -0.25) is 9.59 Å². The van der Waals surface area contributed by atoms with Crippen molar-refractivity contribution in [2.45, 2.75) is 6.92 Å². The van der Waals surface area contributed by atoms with Gasteiger partial charge < -0.3 is 15.0 Å². The summed E-state index contributed by atoms with van der Waals surface area (Å²) in [5.41, 5.74) is 0.779. The molecule has 0 aromatic heterocycles. The first kappa shape index (κ1) is 19.0. The molecule has 0 unspecified atom stereocenters. The number of methoxy groups -OCH3 is 1. The maximum Gasteiger partial charge on any atom is 0.337 e. The van der Waals surface area contributed by atoms with Crippen LogP contribution in [0.15, 0.2) is 42.5 Å². The van der Waals surface area contributed by atoms with Crippen LogP contribution in [0.4, 0.5) is 20.2 Å². The van der Waals surface area contributed by atoms with Gasteiger partial charge in [-0.1, -0.05) is 0 Å². The van der Waals surface area contributed by atoms with Crippen molar-refractivity contribution in [2.75, 3.05) is 23.9 Å². The summed E-state index contributed by atoms with van der Waals surface area (Å²) >= 11 is 0. The summed E-state index contributed by atoms with van der Waals surface area (Å²) in [5, 5.41) is 2.55. The third-order valence-electron chi connectivity index (χ3n) is 3.49. The molecule has 1 N–H and O–H groups in total. The molecule has 0 aliphatic heterocycles. The van der Waals surface area contributed by atoms with E-state index in [9.17, 15) is 23.2 Å². The Kier molecular flexibility index (Phi) is 6.00. The molecule has 2 amide bonds. The van der Waals surface area contributed by atoms with Gasteiger partial charge in [-0.05, 0) is 36.4 Å². The molecule has 0 saturated heterocycles. The van der Waals surface area contributed by atoms with Gasteiger partial charge in [-0.25, -0.2) is 13.6 Å². The van der Waals surface area contributed by atoms with E-state index in [1.54, 1.807) is 0 Å². The summed E-state index contributed by atoms with van der Waals surface area (Å²) in [4.78, 5) is 36.3. The minimum atomic E-state index is -1.12. The first-order valence-electron chi connectivity index (χ1n) is 7.53. The molecule has 0 bridgehead atoms. The highest BCUT2D eigenvalue weighted by atomic mass is 19.2. The molecule has 6 nitrogen and oxygen atoms in total. The molecule has 2 rings (SSSR count). The molecule has 2 aromatic carbocycles. The lowest BCUT2D eigenvalue weighted by molar-refractivity contribution is -0.120. The summed E-state index contributed by atoms with van der Waals surface area (Å²) in [6, 6.07) is 8.87. The average Bonchev–Trinajstić information content (AvgIpc) is 2.62. The van der Waals surface area contributed by atoms with Gasteiger partial charge in [0.1, 0.15) is 6.54 Å². The second-order valence-electron chi connectivity index (χ2n) is 5.32. The molecule has 0 saturated carbocycles. The second-order valence-corrected chi connectivity index (χ2v) is 5.32. The Balaban J connectivity index is 2.09. The predicted molar refractivity (Wildman–Crippen MR) is 90.8 cm³/mol. The summed E-state index contributed by atoms with van der Waals surface area (Å²) in [5.74, 6) is -3.73. The van der Waals surface area contributed by atoms with Gasteiger partial charge in [0.05, 0.1) is 12.7 Å². The molecule has 0 aliphatic carbocycles. The van der Waals surface area contributed by atoms with Gasteiger partial charge >= 0.3 is 5.97 Å². The van der Waals surface area contributed by atoms with Crippen molar-refractivity contribution in [3.63, 3.8) is 0 Å². The summed E-state index contributed by atoms with van der Waals surface area (Å²) in [6.07, 6.45) is 0. The number of carbonyl (C=O) groups is 3. The lowest BCUT2D eigenvalue weighted by atomic mass is 10.2. The molecule has 0 fully saturated rings. The molecule has 0 heterocycles. The molecule has 0 atom stereocenters. The lowest BCUT2D eigenvalue weighted by Crippen LogP contribution is -2.36. The summed E-state index contributed by atoms with van der Waals surface area (Å²) in [7, 11) is 1.26. The first-order valence-corrected chi connectivity index (χ1v) is 7.53. The third-order valence-corrected chi connectivity index (χ3v) is 3.49. The van der Waals surface area contributed by atoms with E-state index < -0.39 is 29.4 Å². The molecular formula is C18H16F2N2O4. The van der Waals surface area contributed by atoms with Crippen LogP contribution < -0.4 is 10.2 Å². The number of nitrogens with one attached hydrogen (secondary N) is 1. The number of hydrogen-bond donors (Lipinski definition) is 1. The fraction of sp³-hybridized carbons (Fsp3) is 0.167. The van der Waals surface area contributed by atoms with Gasteiger partial charge in [0, 0.05) is 24.4 Å².